The van der Waals surface area contributed by atoms with Crippen LogP contribution < -0.4 is 11.9 Å². The first-order valence-electron chi connectivity index (χ1n) is 2.69. The van der Waals surface area contributed by atoms with Gasteiger partial charge in [0.2, 0.25) is 0 Å². The SMILES string of the molecule is N.N#Cc1ccc(Cl)cc1N. The Morgan fingerprint density at radius 1 is 1.45 bits per heavy atom. The van der Waals surface area contributed by atoms with Crippen LogP contribution in [0.15, 0.2) is 18.2 Å². The van der Waals surface area contributed by atoms with Gasteiger partial charge < -0.3 is 11.9 Å². The maximum Gasteiger partial charge on any atom is 0.101 e. The fourth-order valence-corrected chi connectivity index (χ4v) is 0.816. The summed E-state index contributed by atoms with van der Waals surface area (Å²) in [5.74, 6) is 0. The fraction of sp³-hybridized carbons (Fsp3) is 0. The summed E-state index contributed by atoms with van der Waals surface area (Å²) in [6, 6.07) is 6.72. The van der Waals surface area contributed by atoms with Crippen molar-refractivity contribution in [2.24, 2.45) is 0 Å². The molecule has 3 nitrogen and oxygen atoms in total. The Labute approximate surface area is 70.0 Å². The smallest absolute Gasteiger partial charge is 0.101 e. The van der Waals surface area contributed by atoms with Gasteiger partial charge in [-0.3, -0.25) is 0 Å². The van der Waals surface area contributed by atoms with Gasteiger partial charge in [0.1, 0.15) is 6.07 Å². The molecule has 0 atom stereocenters. The summed E-state index contributed by atoms with van der Waals surface area (Å²) in [6.07, 6.45) is 0. The Morgan fingerprint density at radius 2 is 2.09 bits per heavy atom. The molecule has 0 aliphatic rings. The van der Waals surface area contributed by atoms with E-state index < -0.39 is 0 Å². The van der Waals surface area contributed by atoms with E-state index in [1.54, 1.807) is 18.2 Å². The summed E-state index contributed by atoms with van der Waals surface area (Å²) >= 11 is 5.58. The number of anilines is 1. The second-order valence-corrected chi connectivity index (χ2v) is 2.28. The molecular weight excluding hydrogens is 162 g/mol. The summed E-state index contributed by atoms with van der Waals surface area (Å²) in [7, 11) is 0. The number of nitrogens with zero attached hydrogens (tertiary/aromatic N) is 1. The molecule has 4 heteroatoms. The van der Waals surface area contributed by atoms with E-state index >= 15 is 0 Å². The predicted octanol–water partition coefficient (Wildman–Crippen LogP) is 1.96. The standard InChI is InChI=1S/C7H5ClN2.H3N/c8-6-2-1-5(4-9)7(10)3-6;/h1-3H,10H2;1H3. The number of nitrogen functional groups attached to an aromatic ring is 1. The molecule has 0 radical (unpaired) electrons. The van der Waals surface area contributed by atoms with Gasteiger partial charge >= 0.3 is 0 Å². The van der Waals surface area contributed by atoms with Gasteiger partial charge in [-0.15, -0.1) is 0 Å². The van der Waals surface area contributed by atoms with Crippen molar-refractivity contribution in [1.29, 1.82) is 5.26 Å². The van der Waals surface area contributed by atoms with E-state index in [0.717, 1.165) is 0 Å². The van der Waals surface area contributed by atoms with E-state index in [4.69, 9.17) is 22.6 Å². The molecule has 0 bridgehead atoms. The molecule has 0 spiro atoms. The summed E-state index contributed by atoms with van der Waals surface area (Å²) < 4.78 is 0. The quantitative estimate of drug-likeness (QED) is 0.582. The molecule has 0 heterocycles. The summed E-state index contributed by atoms with van der Waals surface area (Å²) in [5, 5.41) is 8.99. The van der Waals surface area contributed by atoms with Crippen LogP contribution >= 0.6 is 11.6 Å². The number of benzene rings is 1. The highest BCUT2D eigenvalue weighted by Gasteiger charge is 1.95. The van der Waals surface area contributed by atoms with Gasteiger partial charge in [0.15, 0.2) is 0 Å². The average Bonchev–Trinajstić information content (AvgIpc) is 1.88. The molecule has 5 N–H and O–H groups in total. The van der Waals surface area contributed by atoms with Crippen molar-refractivity contribution in [2.45, 2.75) is 0 Å². The third-order valence-corrected chi connectivity index (χ3v) is 1.37. The van der Waals surface area contributed by atoms with E-state index in [9.17, 15) is 0 Å². The van der Waals surface area contributed by atoms with E-state index in [2.05, 4.69) is 0 Å². The molecule has 0 aliphatic carbocycles. The van der Waals surface area contributed by atoms with Crippen molar-refractivity contribution >= 4 is 17.3 Å². The molecule has 1 aromatic rings. The first kappa shape index (κ1) is 9.76. The molecule has 11 heavy (non-hydrogen) atoms. The van der Waals surface area contributed by atoms with Gasteiger partial charge in [0.25, 0.3) is 0 Å². The maximum absolute atomic E-state index is 8.44. The van der Waals surface area contributed by atoms with Crippen molar-refractivity contribution in [2.75, 3.05) is 5.73 Å². The van der Waals surface area contributed by atoms with Crippen LogP contribution in [0.3, 0.4) is 0 Å². The lowest BCUT2D eigenvalue weighted by Gasteiger charge is -1.94. The van der Waals surface area contributed by atoms with Crippen molar-refractivity contribution in [3.05, 3.63) is 28.8 Å². The van der Waals surface area contributed by atoms with Crippen molar-refractivity contribution in [3.63, 3.8) is 0 Å². The Morgan fingerprint density at radius 3 is 2.55 bits per heavy atom. The highest BCUT2D eigenvalue weighted by atomic mass is 35.5. The number of halogens is 1. The minimum atomic E-state index is 0. The minimum Gasteiger partial charge on any atom is -0.398 e. The van der Waals surface area contributed by atoms with Gasteiger partial charge in [-0.05, 0) is 18.2 Å². The molecular formula is C7H8ClN3. The van der Waals surface area contributed by atoms with E-state index in [1.807, 2.05) is 6.07 Å². The van der Waals surface area contributed by atoms with E-state index in [1.165, 1.54) is 0 Å². The molecule has 1 rings (SSSR count). The maximum atomic E-state index is 8.44. The van der Waals surface area contributed by atoms with Crippen LogP contribution in [0.4, 0.5) is 5.69 Å². The number of nitrogens with two attached hydrogens (primary N) is 1. The highest BCUT2D eigenvalue weighted by Crippen LogP contribution is 2.16. The molecule has 0 aromatic heterocycles. The minimum absolute atomic E-state index is 0. The van der Waals surface area contributed by atoms with Gasteiger partial charge in [-0.2, -0.15) is 5.26 Å². The highest BCUT2D eigenvalue weighted by molar-refractivity contribution is 6.30. The lowest BCUT2D eigenvalue weighted by Crippen LogP contribution is -1.88. The first-order chi connectivity index (χ1) is 4.74. The Balaban J connectivity index is 0.000001000. The van der Waals surface area contributed by atoms with E-state index in [-0.39, 0.29) is 6.15 Å². The first-order valence-corrected chi connectivity index (χ1v) is 3.07. The molecule has 0 fully saturated rings. The monoisotopic (exact) mass is 169 g/mol. The molecule has 0 amide bonds. The van der Waals surface area contributed by atoms with Crippen LogP contribution in [0.1, 0.15) is 5.56 Å². The summed E-state index contributed by atoms with van der Waals surface area (Å²) in [5.41, 5.74) is 6.31. The average molecular weight is 170 g/mol. The van der Waals surface area contributed by atoms with Gasteiger partial charge in [-0.1, -0.05) is 11.6 Å². The Bertz CT molecular complexity index is 290. The van der Waals surface area contributed by atoms with Crippen LogP contribution in [-0.4, -0.2) is 0 Å². The molecule has 0 saturated carbocycles. The van der Waals surface area contributed by atoms with Gasteiger partial charge in [-0.25, -0.2) is 0 Å². The zero-order chi connectivity index (χ0) is 7.56. The lowest BCUT2D eigenvalue weighted by atomic mass is 10.2. The van der Waals surface area contributed by atoms with Crippen LogP contribution in [0, 0.1) is 11.3 Å². The lowest BCUT2D eigenvalue weighted by molar-refractivity contribution is 1.48. The van der Waals surface area contributed by atoms with Crippen LogP contribution in [0.2, 0.25) is 5.02 Å². The summed E-state index contributed by atoms with van der Waals surface area (Å²) in [6.45, 7) is 0. The fourth-order valence-electron chi connectivity index (χ4n) is 0.635. The number of hydrogen-bond donors (Lipinski definition) is 2. The van der Waals surface area contributed by atoms with Gasteiger partial charge in [0.05, 0.1) is 11.3 Å². The molecule has 1 aromatic carbocycles. The van der Waals surface area contributed by atoms with Gasteiger partial charge in [0, 0.05) is 5.02 Å². The third-order valence-electron chi connectivity index (χ3n) is 1.13. The largest absolute Gasteiger partial charge is 0.398 e. The van der Waals surface area contributed by atoms with Crippen molar-refractivity contribution in [1.82, 2.24) is 6.15 Å². The van der Waals surface area contributed by atoms with E-state index in [0.29, 0.717) is 16.3 Å². The Kier molecular flexibility index (Phi) is 3.38. The molecule has 0 unspecified atom stereocenters. The second kappa shape index (κ2) is 3.81. The topological polar surface area (TPSA) is 84.8 Å². The zero-order valence-electron chi connectivity index (χ0n) is 5.84. The zero-order valence-corrected chi connectivity index (χ0v) is 6.60. The molecule has 58 valence electrons. The van der Waals surface area contributed by atoms with Crippen LogP contribution in [0.25, 0.3) is 0 Å². The number of rotatable bonds is 0. The normalized spacial score (nSPS) is 8.00. The van der Waals surface area contributed by atoms with Crippen LogP contribution in [0.5, 0.6) is 0 Å². The Hall–Kier alpha value is -1.24. The second-order valence-electron chi connectivity index (χ2n) is 1.84. The number of nitriles is 1. The van der Waals surface area contributed by atoms with Crippen molar-refractivity contribution < 1.29 is 0 Å². The third kappa shape index (κ3) is 2.11. The van der Waals surface area contributed by atoms with Crippen molar-refractivity contribution in [3.8, 4) is 6.07 Å². The molecule has 0 saturated heterocycles. The summed E-state index contributed by atoms with van der Waals surface area (Å²) in [4.78, 5) is 0. The number of hydrogen-bond acceptors (Lipinski definition) is 3. The predicted molar refractivity (Wildman–Crippen MR) is 45.6 cm³/mol. The molecule has 0 aliphatic heterocycles. The van der Waals surface area contributed by atoms with Crippen LogP contribution in [-0.2, 0) is 0 Å².